The standard InChI is InChI=1S/C18H21N3O4/c1-23-15-9-13(10-16(24-2)18(15)25-3)11-20-21-17(22)12-19-14-7-5-4-6-8-14/h4-11,19H,12H2,1-3H3,(H,21,22)/b20-11-. The lowest BCUT2D eigenvalue weighted by Gasteiger charge is -2.12. The van der Waals surface area contributed by atoms with Crippen LogP contribution in [0.4, 0.5) is 5.69 Å². The van der Waals surface area contributed by atoms with E-state index in [9.17, 15) is 4.79 Å². The van der Waals surface area contributed by atoms with E-state index in [0.29, 0.717) is 22.8 Å². The highest BCUT2D eigenvalue weighted by atomic mass is 16.5. The van der Waals surface area contributed by atoms with Gasteiger partial charge in [0.25, 0.3) is 5.91 Å². The summed E-state index contributed by atoms with van der Waals surface area (Å²) in [5.41, 5.74) is 4.03. The fourth-order valence-electron chi connectivity index (χ4n) is 2.13. The molecule has 132 valence electrons. The van der Waals surface area contributed by atoms with Crippen molar-refractivity contribution in [2.45, 2.75) is 0 Å². The molecule has 0 fully saturated rings. The molecule has 0 aliphatic rings. The number of anilines is 1. The predicted molar refractivity (Wildman–Crippen MR) is 96.8 cm³/mol. The molecule has 0 atom stereocenters. The molecule has 0 radical (unpaired) electrons. The van der Waals surface area contributed by atoms with Gasteiger partial charge in [-0.15, -0.1) is 0 Å². The van der Waals surface area contributed by atoms with Crippen molar-refractivity contribution in [3.8, 4) is 17.2 Å². The van der Waals surface area contributed by atoms with E-state index in [1.165, 1.54) is 27.5 Å². The van der Waals surface area contributed by atoms with Gasteiger partial charge in [0.15, 0.2) is 11.5 Å². The molecule has 0 unspecified atom stereocenters. The Hall–Kier alpha value is -3.22. The average Bonchev–Trinajstić information content (AvgIpc) is 2.66. The molecule has 2 aromatic carbocycles. The first-order valence-electron chi connectivity index (χ1n) is 7.58. The molecule has 0 heterocycles. The monoisotopic (exact) mass is 343 g/mol. The van der Waals surface area contributed by atoms with E-state index >= 15 is 0 Å². The molecule has 0 aromatic heterocycles. The van der Waals surface area contributed by atoms with Crippen LogP contribution in [0.5, 0.6) is 17.2 Å². The van der Waals surface area contributed by atoms with Crippen LogP contribution in [-0.4, -0.2) is 40.0 Å². The molecule has 1 amide bonds. The Morgan fingerprint density at radius 3 is 2.24 bits per heavy atom. The number of benzene rings is 2. The van der Waals surface area contributed by atoms with E-state index in [4.69, 9.17) is 14.2 Å². The van der Waals surface area contributed by atoms with Gasteiger partial charge in [-0.1, -0.05) is 18.2 Å². The Bertz CT molecular complexity index is 707. The van der Waals surface area contributed by atoms with E-state index in [1.807, 2.05) is 30.3 Å². The highest BCUT2D eigenvalue weighted by Gasteiger charge is 2.12. The lowest BCUT2D eigenvalue weighted by atomic mass is 10.2. The minimum atomic E-state index is -0.257. The normalized spacial score (nSPS) is 10.4. The van der Waals surface area contributed by atoms with Crippen molar-refractivity contribution in [2.24, 2.45) is 5.10 Å². The molecule has 0 aliphatic heterocycles. The van der Waals surface area contributed by atoms with Crippen LogP contribution in [0.2, 0.25) is 0 Å². The highest BCUT2D eigenvalue weighted by molar-refractivity contribution is 5.85. The quantitative estimate of drug-likeness (QED) is 0.568. The summed E-state index contributed by atoms with van der Waals surface area (Å²) in [5, 5.41) is 6.95. The Morgan fingerprint density at radius 1 is 1.04 bits per heavy atom. The molecule has 0 saturated carbocycles. The summed E-state index contributed by atoms with van der Waals surface area (Å²) in [5.74, 6) is 1.27. The second kappa shape index (κ2) is 9.17. The molecule has 0 saturated heterocycles. The molecule has 2 aromatic rings. The van der Waals surface area contributed by atoms with Gasteiger partial charge in [0, 0.05) is 11.3 Å². The molecule has 0 bridgehead atoms. The van der Waals surface area contributed by atoms with Crippen LogP contribution in [0.15, 0.2) is 47.6 Å². The number of hydrazone groups is 1. The number of carbonyl (C=O) groups excluding carboxylic acids is 1. The van der Waals surface area contributed by atoms with Crippen molar-refractivity contribution in [3.05, 3.63) is 48.0 Å². The first kappa shape index (κ1) is 18.1. The smallest absolute Gasteiger partial charge is 0.259 e. The number of amides is 1. The van der Waals surface area contributed by atoms with Gasteiger partial charge in [0.05, 0.1) is 34.1 Å². The van der Waals surface area contributed by atoms with Crippen molar-refractivity contribution in [1.82, 2.24) is 5.43 Å². The zero-order chi connectivity index (χ0) is 18.1. The topological polar surface area (TPSA) is 81.2 Å². The Balaban J connectivity index is 1.96. The Labute approximate surface area is 146 Å². The van der Waals surface area contributed by atoms with Crippen molar-refractivity contribution >= 4 is 17.8 Å². The summed E-state index contributed by atoms with van der Waals surface area (Å²) in [4.78, 5) is 11.8. The van der Waals surface area contributed by atoms with Crippen LogP contribution in [0.1, 0.15) is 5.56 Å². The Morgan fingerprint density at radius 2 is 1.68 bits per heavy atom. The summed E-state index contributed by atoms with van der Waals surface area (Å²) >= 11 is 0. The number of nitrogens with zero attached hydrogens (tertiary/aromatic N) is 1. The minimum absolute atomic E-state index is 0.122. The van der Waals surface area contributed by atoms with Crippen LogP contribution in [0.3, 0.4) is 0 Å². The molecule has 25 heavy (non-hydrogen) atoms. The number of rotatable bonds is 8. The number of ether oxygens (including phenoxy) is 3. The molecular formula is C18H21N3O4. The fourth-order valence-corrected chi connectivity index (χ4v) is 2.13. The van der Waals surface area contributed by atoms with Gasteiger partial charge < -0.3 is 19.5 Å². The summed E-state index contributed by atoms with van der Waals surface area (Å²) in [7, 11) is 4.61. The molecular weight excluding hydrogens is 322 g/mol. The van der Waals surface area contributed by atoms with Crippen molar-refractivity contribution < 1.29 is 19.0 Å². The average molecular weight is 343 g/mol. The number of para-hydroxylation sites is 1. The summed E-state index contributed by atoms with van der Waals surface area (Å²) in [6.45, 7) is 0.122. The fraction of sp³-hybridized carbons (Fsp3) is 0.222. The molecule has 2 rings (SSSR count). The largest absolute Gasteiger partial charge is 0.493 e. The van der Waals surface area contributed by atoms with Crippen molar-refractivity contribution in [3.63, 3.8) is 0 Å². The molecule has 0 aliphatic carbocycles. The van der Waals surface area contributed by atoms with Gasteiger partial charge in [-0.05, 0) is 24.3 Å². The van der Waals surface area contributed by atoms with Gasteiger partial charge in [-0.2, -0.15) is 5.10 Å². The zero-order valence-electron chi connectivity index (χ0n) is 14.4. The second-order valence-electron chi connectivity index (χ2n) is 4.97. The predicted octanol–water partition coefficient (Wildman–Crippen LogP) is 2.27. The van der Waals surface area contributed by atoms with Gasteiger partial charge >= 0.3 is 0 Å². The lowest BCUT2D eigenvalue weighted by molar-refractivity contribution is -0.119. The van der Waals surface area contributed by atoms with E-state index < -0.39 is 0 Å². The maximum atomic E-state index is 11.8. The first-order valence-corrected chi connectivity index (χ1v) is 7.58. The lowest BCUT2D eigenvalue weighted by Crippen LogP contribution is -2.25. The SMILES string of the molecule is COc1cc(/C=N\NC(=O)CNc2ccccc2)cc(OC)c1OC. The number of carbonyl (C=O) groups is 1. The van der Waals surface area contributed by atoms with E-state index in [2.05, 4.69) is 15.8 Å². The summed E-state index contributed by atoms with van der Waals surface area (Å²) in [6.07, 6.45) is 1.50. The molecule has 7 heteroatoms. The van der Waals surface area contributed by atoms with Crippen LogP contribution in [-0.2, 0) is 4.79 Å². The molecule has 2 N–H and O–H groups in total. The summed E-state index contributed by atoms with van der Waals surface area (Å²) in [6, 6.07) is 12.9. The van der Waals surface area contributed by atoms with Crippen molar-refractivity contribution in [1.29, 1.82) is 0 Å². The van der Waals surface area contributed by atoms with Gasteiger partial charge in [-0.25, -0.2) is 5.43 Å². The second-order valence-corrected chi connectivity index (χ2v) is 4.97. The summed E-state index contributed by atoms with van der Waals surface area (Å²) < 4.78 is 15.8. The van der Waals surface area contributed by atoms with E-state index in [1.54, 1.807) is 12.1 Å². The number of nitrogens with one attached hydrogen (secondary N) is 2. The van der Waals surface area contributed by atoms with Gasteiger partial charge in [0.2, 0.25) is 5.75 Å². The van der Waals surface area contributed by atoms with Crippen LogP contribution in [0.25, 0.3) is 0 Å². The van der Waals surface area contributed by atoms with Gasteiger partial charge in [0.1, 0.15) is 0 Å². The third-order valence-electron chi connectivity index (χ3n) is 3.32. The van der Waals surface area contributed by atoms with Crippen molar-refractivity contribution in [2.75, 3.05) is 33.2 Å². The number of hydrogen-bond acceptors (Lipinski definition) is 6. The number of hydrogen-bond donors (Lipinski definition) is 2. The first-order chi connectivity index (χ1) is 12.2. The molecule has 0 spiro atoms. The number of methoxy groups -OCH3 is 3. The third-order valence-corrected chi connectivity index (χ3v) is 3.32. The maximum absolute atomic E-state index is 11.8. The third kappa shape index (κ3) is 5.13. The van der Waals surface area contributed by atoms with E-state index in [0.717, 1.165) is 5.69 Å². The minimum Gasteiger partial charge on any atom is -0.493 e. The van der Waals surface area contributed by atoms with Gasteiger partial charge in [-0.3, -0.25) is 4.79 Å². The Kier molecular flexibility index (Phi) is 6.65. The zero-order valence-corrected chi connectivity index (χ0v) is 14.4. The van der Waals surface area contributed by atoms with Crippen LogP contribution in [0, 0.1) is 0 Å². The van der Waals surface area contributed by atoms with E-state index in [-0.39, 0.29) is 12.5 Å². The van der Waals surface area contributed by atoms with Crippen LogP contribution >= 0.6 is 0 Å². The van der Waals surface area contributed by atoms with Crippen LogP contribution < -0.4 is 25.0 Å². The highest BCUT2D eigenvalue weighted by Crippen LogP contribution is 2.37. The maximum Gasteiger partial charge on any atom is 0.259 e. The molecule has 7 nitrogen and oxygen atoms in total.